The standard InChI is InChI=1S/C7H4F3NO2S/c8-5-3-4(14-7(9)10)1-2-6(5)11(12)13/h1-3,7H. The summed E-state index contributed by atoms with van der Waals surface area (Å²) in [5, 5.41) is 10.2. The number of thioether (sulfide) groups is 1. The van der Waals surface area contributed by atoms with Gasteiger partial charge in [0.05, 0.1) is 4.92 Å². The maximum absolute atomic E-state index is 12.9. The van der Waals surface area contributed by atoms with Crippen molar-refractivity contribution in [3.63, 3.8) is 0 Å². The summed E-state index contributed by atoms with van der Waals surface area (Å²) in [6, 6.07) is 2.66. The highest BCUT2D eigenvalue weighted by Gasteiger charge is 2.15. The molecule has 14 heavy (non-hydrogen) atoms. The quantitative estimate of drug-likeness (QED) is 0.449. The maximum Gasteiger partial charge on any atom is 0.304 e. The molecule has 1 aromatic rings. The second-order valence-electron chi connectivity index (χ2n) is 2.25. The Kier molecular flexibility index (Phi) is 3.34. The van der Waals surface area contributed by atoms with Gasteiger partial charge >= 0.3 is 5.69 Å². The third kappa shape index (κ3) is 2.63. The first-order valence-corrected chi connectivity index (χ1v) is 4.27. The fraction of sp³-hybridized carbons (Fsp3) is 0.143. The Balaban J connectivity index is 2.94. The van der Waals surface area contributed by atoms with Crippen LogP contribution >= 0.6 is 11.8 Å². The van der Waals surface area contributed by atoms with Gasteiger partial charge in [0.1, 0.15) is 0 Å². The van der Waals surface area contributed by atoms with Crippen LogP contribution < -0.4 is 0 Å². The van der Waals surface area contributed by atoms with Crippen LogP contribution in [0.3, 0.4) is 0 Å². The van der Waals surface area contributed by atoms with Crippen LogP contribution in [0, 0.1) is 15.9 Å². The molecular weight excluding hydrogens is 219 g/mol. The second kappa shape index (κ2) is 4.32. The van der Waals surface area contributed by atoms with Gasteiger partial charge in [0.25, 0.3) is 5.76 Å². The molecule has 0 amide bonds. The molecule has 3 nitrogen and oxygen atoms in total. The molecule has 0 saturated heterocycles. The number of rotatable bonds is 3. The summed E-state index contributed by atoms with van der Waals surface area (Å²) in [6.45, 7) is 0. The average molecular weight is 223 g/mol. The molecule has 0 fully saturated rings. The monoisotopic (exact) mass is 223 g/mol. The maximum atomic E-state index is 12.9. The molecule has 0 bridgehead atoms. The van der Waals surface area contributed by atoms with E-state index in [0.29, 0.717) is 0 Å². The van der Waals surface area contributed by atoms with Crippen molar-refractivity contribution in [3.8, 4) is 0 Å². The molecule has 0 aliphatic rings. The van der Waals surface area contributed by atoms with E-state index in [0.717, 1.165) is 18.2 Å². The van der Waals surface area contributed by atoms with Gasteiger partial charge in [-0.2, -0.15) is 13.2 Å². The van der Waals surface area contributed by atoms with Crippen LogP contribution in [-0.4, -0.2) is 10.7 Å². The summed E-state index contributed by atoms with van der Waals surface area (Å²) in [7, 11) is 0. The third-order valence-electron chi connectivity index (χ3n) is 1.34. The highest BCUT2D eigenvalue weighted by Crippen LogP contribution is 2.28. The molecule has 7 heteroatoms. The number of benzene rings is 1. The molecule has 0 aliphatic heterocycles. The lowest BCUT2D eigenvalue weighted by Gasteiger charge is -1.99. The summed E-state index contributed by atoms with van der Waals surface area (Å²) in [5.41, 5.74) is -0.719. The first-order chi connectivity index (χ1) is 6.50. The summed E-state index contributed by atoms with van der Waals surface area (Å²) in [4.78, 5) is 9.22. The van der Waals surface area contributed by atoms with E-state index >= 15 is 0 Å². The SMILES string of the molecule is O=[N+]([O-])c1ccc(SC(F)F)cc1F. The molecule has 0 radical (unpaired) electrons. The Morgan fingerprint density at radius 2 is 2.07 bits per heavy atom. The second-order valence-corrected chi connectivity index (χ2v) is 3.31. The Morgan fingerprint density at radius 1 is 1.43 bits per heavy atom. The van der Waals surface area contributed by atoms with E-state index in [1.807, 2.05) is 0 Å². The normalized spacial score (nSPS) is 10.6. The van der Waals surface area contributed by atoms with Gasteiger partial charge < -0.3 is 0 Å². The van der Waals surface area contributed by atoms with Gasteiger partial charge in [-0.1, -0.05) is 11.8 Å². The van der Waals surface area contributed by atoms with Crippen LogP contribution in [0.15, 0.2) is 23.1 Å². The molecule has 0 aromatic heterocycles. The Morgan fingerprint density at radius 3 is 2.50 bits per heavy atom. The zero-order valence-electron chi connectivity index (χ0n) is 6.62. The number of hydrogen-bond donors (Lipinski definition) is 0. The smallest absolute Gasteiger partial charge is 0.258 e. The van der Waals surface area contributed by atoms with Crippen LogP contribution in [0.2, 0.25) is 0 Å². The number of hydrogen-bond acceptors (Lipinski definition) is 3. The molecule has 0 heterocycles. The van der Waals surface area contributed by atoms with Crippen LogP contribution in [0.5, 0.6) is 0 Å². The van der Waals surface area contributed by atoms with Crippen molar-refractivity contribution in [2.45, 2.75) is 10.7 Å². The summed E-state index contributed by atoms with van der Waals surface area (Å²) in [6.07, 6.45) is 0. The summed E-state index contributed by atoms with van der Waals surface area (Å²) < 4.78 is 36.5. The van der Waals surface area contributed by atoms with Crippen LogP contribution in [0.1, 0.15) is 0 Å². The third-order valence-corrected chi connectivity index (χ3v) is 2.05. The number of nitrogens with zero attached hydrogens (tertiary/aromatic N) is 1. The van der Waals surface area contributed by atoms with Gasteiger partial charge in [0.2, 0.25) is 5.82 Å². The van der Waals surface area contributed by atoms with Crippen molar-refractivity contribution < 1.29 is 18.1 Å². The fourth-order valence-corrected chi connectivity index (χ4v) is 1.34. The summed E-state index contributed by atoms with van der Waals surface area (Å²) >= 11 is 0.137. The lowest BCUT2D eigenvalue weighted by atomic mass is 10.3. The molecule has 1 aromatic carbocycles. The van der Waals surface area contributed by atoms with E-state index < -0.39 is 22.2 Å². The molecule has 0 saturated carbocycles. The van der Waals surface area contributed by atoms with Crippen molar-refractivity contribution in [2.75, 3.05) is 0 Å². The zero-order chi connectivity index (χ0) is 10.7. The molecule has 0 spiro atoms. The van der Waals surface area contributed by atoms with E-state index in [-0.39, 0.29) is 16.7 Å². The van der Waals surface area contributed by atoms with Gasteiger partial charge in [0.15, 0.2) is 0 Å². The van der Waals surface area contributed by atoms with E-state index in [1.54, 1.807) is 0 Å². The van der Waals surface area contributed by atoms with Crippen molar-refractivity contribution >= 4 is 17.4 Å². The van der Waals surface area contributed by atoms with Gasteiger partial charge in [-0.05, 0) is 12.1 Å². The minimum atomic E-state index is -2.67. The van der Waals surface area contributed by atoms with Crippen molar-refractivity contribution in [3.05, 3.63) is 34.1 Å². The first kappa shape index (κ1) is 10.8. The Labute approximate surface area is 81.1 Å². The summed E-state index contributed by atoms with van der Waals surface area (Å²) in [5.74, 6) is -3.78. The van der Waals surface area contributed by atoms with Crippen molar-refractivity contribution in [2.24, 2.45) is 0 Å². The largest absolute Gasteiger partial charge is 0.304 e. The molecule has 0 aliphatic carbocycles. The minimum absolute atomic E-state index is 0.0388. The predicted octanol–water partition coefficient (Wildman–Crippen LogP) is 3.05. The van der Waals surface area contributed by atoms with Gasteiger partial charge in [-0.15, -0.1) is 0 Å². The lowest BCUT2D eigenvalue weighted by molar-refractivity contribution is -0.387. The molecule has 0 N–H and O–H groups in total. The van der Waals surface area contributed by atoms with Gasteiger partial charge in [-0.25, -0.2) is 0 Å². The van der Waals surface area contributed by atoms with Crippen molar-refractivity contribution in [1.29, 1.82) is 0 Å². The van der Waals surface area contributed by atoms with E-state index in [9.17, 15) is 23.3 Å². The van der Waals surface area contributed by atoms with Gasteiger partial charge in [0, 0.05) is 11.0 Å². The number of nitro benzene ring substituents is 1. The van der Waals surface area contributed by atoms with Gasteiger partial charge in [-0.3, -0.25) is 10.1 Å². The van der Waals surface area contributed by atoms with Crippen LogP contribution in [-0.2, 0) is 0 Å². The van der Waals surface area contributed by atoms with Crippen molar-refractivity contribution in [1.82, 2.24) is 0 Å². The van der Waals surface area contributed by atoms with E-state index in [1.165, 1.54) is 0 Å². The predicted molar refractivity (Wildman–Crippen MR) is 44.9 cm³/mol. The first-order valence-electron chi connectivity index (χ1n) is 3.39. The van der Waals surface area contributed by atoms with E-state index in [2.05, 4.69) is 0 Å². The number of nitro groups is 1. The molecule has 76 valence electrons. The fourth-order valence-electron chi connectivity index (χ4n) is 0.812. The van der Waals surface area contributed by atoms with E-state index in [4.69, 9.17) is 0 Å². The Bertz CT molecular complexity index is 359. The molecule has 0 unspecified atom stereocenters. The van der Waals surface area contributed by atoms with Crippen LogP contribution in [0.25, 0.3) is 0 Å². The molecular formula is C7H4F3NO2S. The lowest BCUT2D eigenvalue weighted by Crippen LogP contribution is -1.92. The highest BCUT2D eigenvalue weighted by atomic mass is 32.2. The number of halogens is 3. The topological polar surface area (TPSA) is 43.1 Å². The zero-order valence-corrected chi connectivity index (χ0v) is 7.43. The molecule has 0 atom stereocenters. The minimum Gasteiger partial charge on any atom is -0.258 e. The highest BCUT2D eigenvalue weighted by molar-refractivity contribution is 7.99. The number of alkyl halides is 2. The molecule has 1 rings (SSSR count). The Hall–Kier alpha value is -1.24. The van der Waals surface area contributed by atoms with Crippen LogP contribution in [0.4, 0.5) is 18.9 Å². The average Bonchev–Trinajstić information content (AvgIpc) is 2.01.